The third-order valence-corrected chi connectivity index (χ3v) is 5.19. The smallest absolute Gasteiger partial charge is 0.466 e. The van der Waals surface area contributed by atoms with E-state index in [2.05, 4.69) is 16.3 Å². The molecule has 2 heterocycles. The fourth-order valence-corrected chi connectivity index (χ4v) is 3.90. The zero-order chi connectivity index (χ0) is 19.3. The van der Waals surface area contributed by atoms with Gasteiger partial charge in [-0.15, -0.1) is 11.3 Å². The highest BCUT2D eigenvalue weighted by Crippen LogP contribution is 2.33. The lowest BCUT2D eigenvalue weighted by molar-refractivity contribution is -0.147. The minimum atomic E-state index is -4.64. The second-order valence-electron chi connectivity index (χ2n) is 5.55. The first kappa shape index (κ1) is 21.1. The molecule has 2 aromatic rings. The molecule has 0 bridgehead atoms. The Hall–Kier alpha value is -1.25. The van der Waals surface area contributed by atoms with Crippen LogP contribution in [0.5, 0.6) is 0 Å². The lowest BCUT2D eigenvalue weighted by atomic mass is 10.0. The summed E-state index contributed by atoms with van der Waals surface area (Å²) in [5.74, 6) is -0.262. The molecule has 1 unspecified atom stereocenters. The van der Waals surface area contributed by atoms with Gasteiger partial charge in [0.25, 0.3) is 0 Å². The van der Waals surface area contributed by atoms with Crippen molar-refractivity contribution in [3.8, 4) is 0 Å². The Morgan fingerprint density at radius 3 is 2.58 bits per heavy atom. The van der Waals surface area contributed by atoms with Crippen LogP contribution in [0.4, 0.5) is 0 Å². The van der Waals surface area contributed by atoms with Crippen LogP contribution in [-0.4, -0.2) is 39.2 Å². The monoisotopic (exact) mass is 419 g/mol. The van der Waals surface area contributed by atoms with Crippen LogP contribution in [0.2, 0.25) is 5.02 Å². The van der Waals surface area contributed by atoms with Crippen molar-refractivity contribution in [1.82, 2.24) is 4.90 Å². The van der Waals surface area contributed by atoms with Gasteiger partial charge in [-0.2, -0.15) is 0 Å². The first-order valence-corrected chi connectivity index (χ1v) is 10.4. The number of ether oxygens (including phenoxy) is 1. The van der Waals surface area contributed by atoms with Crippen molar-refractivity contribution in [2.45, 2.75) is 19.0 Å². The minimum absolute atomic E-state index is 0.262. The van der Waals surface area contributed by atoms with Crippen LogP contribution >= 0.6 is 30.8 Å². The molecule has 0 radical (unpaired) electrons. The summed E-state index contributed by atoms with van der Waals surface area (Å²) >= 11 is 8.07. The van der Waals surface area contributed by atoms with E-state index in [9.17, 15) is 4.79 Å². The van der Waals surface area contributed by atoms with E-state index in [-0.39, 0.29) is 5.97 Å². The Balaban J connectivity index is 0.000000431. The molecule has 0 saturated carbocycles. The predicted octanol–water partition coefficient (Wildman–Crippen LogP) is 2.75. The van der Waals surface area contributed by atoms with E-state index in [4.69, 9.17) is 35.6 Å². The largest absolute Gasteiger partial charge is 0.468 e. The molecule has 10 heteroatoms. The van der Waals surface area contributed by atoms with Crippen molar-refractivity contribution in [3.05, 3.63) is 56.7 Å². The van der Waals surface area contributed by atoms with E-state index in [1.54, 1.807) is 11.3 Å². The molecule has 1 aromatic heterocycles. The lowest BCUT2D eigenvalue weighted by Gasteiger charge is -2.33. The summed E-state index contributed by atoms with van der Waals surface area (Å²) in [5.41, 5.74) is 2.11. The molecule has 1 aliphatic rings. The number of carbonyl (C=O) groups is 1. The van der Waals surface area contributed by atoms with Crippen LogP contribution in [0, 0.1) is 0 Å². The molecule has 1 aliphatic heterocycles. The van der Waals surface area contributed by atoms with Gasteiger partial charge in [0.1, 0.15) is 6.04 Å². The number of rotatable bonds is 3. The highest BCUT2D eigenvalue weighted by atomic mass is 35.5. The van der Waals surface area contributed by atoms with Crippen molar-refractivity contribution >= 4 is 36.7 Å². The number of benzene rings is 1. The molecule has 1 aromatic carbocycles. The average molecular weight is 420 g/mol. The zero-order valence-corrected chi connectivity index (χ0v) is 16.4. The summed E-state index contributed by atoms with van der Waals surface area (Å²) < 4.78 is 13.9. The number of thiophene rings is 1. The molecule has 3 rings (SSSR count). The second kappa shape index (κ2) is 9.10. The van der Waals surface area contributed by atoms with Crippen LogP contribution in [0.1, 0.15) is 22.0 Å². The average Bonchev–Trinajstić information content (AvgIpc) is 3.03. The summed E-state index contributed by atoms with van der Waals surface area (Å²) in [5, 5.41) is 2.71. The Morgan fingerprint density at radius 1 is 1.31 bits per heavy atom. The molecule has 3 N–H and O–H groups in total. The normalized spacial score (nSPS) is 15.4. The SMILES string of the molecule is COC(=O)C(c1ccccc1Cl)N1CCc2sccc2C1.O=P(O)(O)O. The van der Waals surface area contributed by atoms with Crippen LogP contribution < -0.4 is 0 Å². The van der Waals surface area contributed by atoms with Gasteiger partial charge in [-0.3, -0.25) is 4.90 Å². The highest BCUT2D eigenvalue weighted by molar-refractivity contribution is 7.45. The molecule has 0 aliphatic carbocycles. The maximum atomic E-state index is 12.3. The van der Waals surface area contributed by atoms with Crippen molar-refractivity contribution in [2.24, 2.45) is 0 Å². The van der Waals surface area contributed by atoms with Crippen LogP contribution in [0.3, 0.4) is 0 Å². The van der Waals surface area contributed by atoms with E-state index in [1.807, 2.05) is 24.3 Å². The number of halogens is 1. The number of hydrogen-bond acceptors (Lipinski definition) is 5. The van der Waals surface area contributed by atoms with E-state index in [0.717, 1.165) is 25.1 Å². The summed E-state index contributed by atoms with van der Waals surface area (Å²) in [7, 11) is -3.22. The molecular formula is C16H19ClNO6PS. The highest BCUT2D eigenvalue weighted by Gasteiger charge is 2.32. The zero-order valence-electron chi connectivity index (χ0n) is 13.9. The van der Waals surface area contributed by atoms with E-state index in [0.29, 0.717) is 5.02 Å². The number of fused-ring (bicyclic) bond motifs is 1. The van der Waals surface area contributed by atoms with Gasteiger partial charge in [0, 0.05) is 23.0 Å². The molecule has 142 valence electrons. The second-order valence-corrected chi connectivity index (χ2v) is 7.98. The lowest BCUT2D eigenvalue weighted by Crippen LogP contribution is -2.38. The topological polar surface area (TPSA) is 107 Å². The van der Waals surface area contributed by atoms with Gasteiger partial charge in [-0.05, 0) is 35.1 Å². The molecule has 0 saturated heterocycles. The molecule has 7 nitrogen and oxygen atoms in total. The Bertz CT molecular complexity index is 799. The summed E-state index contributed by atoms with van der Waals surface area (Å²) in [6, 6.07) is 9.16. The number of phosphoric acid groups is 1. The first-order chi connectivity index (χ1) is 12.2. The first-order valence-electron chi connectivity index (χ1n) is 7.60. The molecule has 0 fully saturated rings. The van der Waals surface area contributed by atoms with Crippen molar-refractivity contribution in [1.29, 1.82) is 0 Å². The van der Waals surface area contributed by atoms with Crippen LogP contribution in [0.25, 0.3) is 0 Å². The maximum Gasteiger partial charge on any atom is 0.466 e. The van der Waals surface area contributed by atoms with Gasteiger partial charge in [0.05, 0.1) is 7.11 Å². The minimum Gasteiger partial charge on any atom is -0.468 e. The molecule has 0 amide bonds. The maximum absolute atomic E-state index is 12.3. The molecular weight excluding hydrogens is 401 g/mol. The van der Waals surface area contributed by atoms with Gasteiger partial charge in [0.2, 0.25) is 0 Å². The Morgan fingerprint density at radius 2 is 1.96 bits per heavy atom. The van der Waals surface area contributed by atoms with Crippen molar-refractivity contribution in [3.63, 3.8) is 0 Å². The van der Waals surface area contributed by atoms with E-state index >= 15 is 0 Å². The number of esters is 1. The molecule has 1 atom stereocenters. The van der Waals surface area contributed by atoms with E-state index < -0.39 is 13.9 Å². The van der Waals surface area contributed by atoms with Gasteiger partial charge in [0.15, 0.2) is 0 Å². The van der Waals surface area contributed by atoms with Crippen molar-refractivity contribution < 1.29 is 28.8 Å². The Labute approximate surface area is 160 Å². The fraction of sp³-hybridized carbons (Fsp3) is 0.312. The Kier molecular flexibility index (Phi) is 7.37. The van der Waals surface area contributed by atoms with Gasteiger partial charge in [-0.25, -0.2) is 9.36 Å². The number of hydrogen-bond donors (Lipinski definition) is 3. The van der Waals surface area contributed by atoms with Crippen LogP contribution in [-0.2, 0) is 27.1 Å². The van der Waals surface area contributed by atoms with E-state index in [1.165, 1.54) is 17.6 Å². The van der Waals surface area contributed by atoms with Gasteiger partial charge < -0.3 is 19.4 Å². The predicted molar refractivity (Wildman–Crippen MR) is 98.9 cm³/mol. The van der Waals surface area contributed by atoms with Gasteiger partial charge in [-0.1, -0.05) is 29.8 Å². The van der Waals surface area contributed by atoms with Crippen LogP contribution in [0.15, 0.2) is 35.7 Å². The number of nitrogens with zero attached hydrogens (tertiary/aromatic N) is 1. The molecule has 26 heavy (non-hydrogen) atoms. The third kappa shape index (κ3) is 5.89. The summed E-state index contributed by atoms with van der Waals surface area (Å²) in [6.07, 6.45) is 0.963. The number of methoxy groups -OCH3 is 1. The van der Waals surface area contributed by atoms with Crippen molar-refractivity contribution in [2.75, 3.05) is 13.7 Å². The van der Waals surface area contributed by atoms with Gasteiger partial charge >= 0.3 is 13.8 Å². The summed E-state index contributed by atoms with van der Waals surface area (Å²) in [6.45, 7) is 1.59. The molecule has 0 spiro atoms. The third-order valence-electron chi connectivity index (χ3n) is 3.83. The number of carbonyl (C=O) groups excluding carboxylic acids is 1. The standard InChI is InChI=1S/C16H16ClNO2S.H3O4P/c1-20-16(19)15(12-4-2-3-5-13(12)17)18-8-6-14-11(10-18)7-9-21-14;1-5(2,3)4/h2-5,7,9,15H,6,8,10H2,1H3;(H3,1,2,3,4). The quantitative estimate of drug-likeness (QED) is 0.518. The fourth-order valence-electron chi connectivity index (χ4n) is 2.77. The summed E-state index contributed by atoms with van der Waals surface area (Å²) in [4.78, 5) is 37.4.